The van der Waals surface area contributed by atoms with Crippen molar-refractivity contribution in [1.82, 2.24) is 15.2 Å². The lowest BCUT2D eigenvalue weighted by Gasteiger charge is -2.34. The third-order valence-corrected chi connectivity index (χ3v) is 6.86. The Kier molecular flexibility index (Phi) is 6.53. The second-order valence-electron chi connectivity index (χ2n) is 8.94. The molecule has 5 rings (SSSR count). The molecule has 1 aliphatic rings. The number of methoxy groups -OCH3 is 1. The number of H-pyrrole nitrogens is 1. The standard InChI is InChI=1S/C29H29N3O3/c1-35-23-12-13-26-24(18-23)25(19-30-26)20-14-16-32(17-15-20)29(34)27(21-8-4-2-5-9-21)31-28(33)22-10-6-3-7-11-22/h2-13,18-20,27,30H,14-17H2,1H3,(H,31,33). The lowest BCUT2D eigenvalue weighted by Crippen LogP contribution is -2.45. The van der Waals surface area contributed by atoms with Crippen LogP contribution in [0.5, 0.6) is 5.75 Å². The Balaban J connectivity index is 1.32. The predicted molar refractivity (Wildman–Crippen MR) is 136 cm³/mol. The Hall–Kier alpha value is -4.06. The summed E-state index contributed by atoms with van der Waals surface area (Å²) in [4.78, 5) is 31.8. The molecule has 4 aromatic rings. The molecule has 2 heterocycles. The Morgan fingerprint density at radius 2 is 1.66 bits per heavy atom. The fraction of sp³-hybridized carbons (Fsp3) is 0.241. The van der Waals surface area contributed by atoms with Gasteiger partial charge in [0.05, 0.1) is 7.11 Å². The average molecular weight is 468 g/mol. The van der Waals surface area contributed by atoms with E-state index in [9.17, 15) is 9.59 Å². The van der Waals surface area contributed by atoms with E-state index < -0.39 is 6.04 Å². The predicted octanol–water partition coefficient (Wildman–Crippen LogP) is 5.05. The summed E-state index contributed by atoms with van der Waals surface area (Å²) in [7, 11) is 1.68. The minimum atomic E-state index is -0.724. The Bertz CT molecular complexity index is 1310. The zero-order chi connectivity index (χ0) is 24.2. The van der Waals surface area contributed by atoms with E-state index in [0.717, 1.165) is 29.7 Å². The summed E-state index contributed by atoms with van der Waals surface area (Å²) >= 11 is 0. The molecule has 3 aromatic carbocycles. The number of hydrogen-bond acceptors (Lipinski definition) is 3. The van der Waals surface area contributed by atoms with E-state index in [1.807, 2.05) is 65.6 Å². The van der Waals surface area contributed by atoms with Crippen molar-refractivity contribution >= 4 is 22.7 Å². The number of piperidine rings is 1. The van der Waals surface area contributed by atoms with Crippen molar-refractivity contribution in [2.45, 2.75) is 24.8 Å². The molecule has 1 fully saturated rings. The number of ether oxygens (including phenoxy) is 1. The molecule has 0 aliphatic carbocycles. The molecule has 1 aromatic heterocycles. The van der Waals surface area contributed by atoms with Gasteiger partial charge in [-0.05, 0) is 60.2 Å². The molecule has 6 nitrogen and oxygen atoms in total. The lowest BCUT2D eigenvalue weighted by molar-refractivity contribution is -0.134. The maximum atomic E-state index is 13.6. The van der Waals surface area contributed by atoms with E-state index in [1.165, 1.54) is 10.9 Å². The van der Waals surface area contributed by atoms with Crippen LogP contribution >= 0.6 is 0 Å². The van der Waals surface area contributed by atoms with Gasteiger partial charge in [0.25, 0.3) is 5.91 Å². The highest BCUT2D eigenvalue weighted by Gasteiger charge is 2.31. The normalized spacial score (nSPS) is 15.1. The van der Waals surface area contributed by atoms with Crippen LogP contribution in [0.3, 0.4) is 0 Å². The first-order valence-corrected chi connectivity index (χ1v) is 12.0. The number of carbonyl (C=O) groups excluding carboxylic acids is 2. The molecule has 0 radical (unpaired) electrons. The highest BCUT2D eigenvalue weighted by molar-refractivity contribution is 5.98. The van der Waals surface area contributed by atoms with Crippen molar-refractivity contribution in [2.24, 2.45) is 0 Å². The van der Waals surface area contributed by atoms with Crippen molar-refractivity contribution in [2.75, 3.05) is 20.2 Å². The molecular weight excluding hydrogens is 438 g/mol. The zero-order valence-electron chi connectivity index (χ0n) is 19.7. The molecule has 0 bridgehead atoms. The van der Waals surface area contributed by atoms with Gasteiger partial charge in [0.15, 0.2) is 0 Å². The van der Waals surface area contributed by atoms with Crippen LogP contribution in [0.15, 0.2) is 85.1 Å². The highest BCUT2D eigenvalue weighted by atomic mass is 16.5. The van der Waals surface area contributed by atoms with E-state index in [4.69, 9.17) is 4.74 Å². The van der Waals surface area contributed by atoms with Crippen molar-refractivity contribution in [1.29, 1.82) is 0 Å². The molecule has 1 aliphatic heterocycles. The number of aromatic nitrogens is 1. The van der Waals surface area contributed by atoms with Gasteiger partial charge in [-0.1, -0.05) is 48.5 Å². The molecule has 2 N–H and O–H groups in total. The summed E-state index contributed by atoms with van der Waals surface area (Å²) in [5.41, 5.74) is 3.68. The molecule has 1 unspecified atom stereocenters. The van der Waals surface area contributed by atoms with Crippen molar-refractivity contribution < 1.29 is 14.3 Å². The van der Waals surface area contributed by atoms with E-state index in [-0.39, 0.29) is 11.8 Å². The number of amides is 2. The SMILES string of the molecule is COc1ccc2[nH]cc(C3CCN(C(=O)C(NC(=O)c4ccccc4)c4ccccc4)CC3)c2c1. The van der Waals surface area contributed by atoms with Crippen LogP contribution in [-0.4, -0.2) is 41.9 Å². The zero-order valence-corrected chi connectivity index (χ0v) is 19.7. The van der Waals surface area contributed by atoms with Crippen molar-refractivity contribution in [3.63, 3.8) is 0 Å². The number of fused-ring (bicyclic) bond motifs is 1. The van der Waals surface area contributed by atoms with Gasteiger partial charge in [-0.15, -0.1) is 0 Å². The molecule has 6 heteroatoms. The Labute approximate surface area is 204 Å². The summed E-state index contributed by atoms with van der Waals surface area (Å²) in [5, 5.41) is 4.15. The fourth-order valence-electron chi connectivity index (χ4n) is 4.92. The Morgan fingerprint density at radius 3 is 2.34 bits per heavy atom. The van der Waals surface area contributed by atoms with E-state index in [0.29, 0.717) is 24.6 Å². The van der Waals surface area contributed by atoms with Crippen LogP contribution in [0.2, 0.25) is 0 Å². The minimum Gasteiger partial charge on any atom is -0.497 e. The molecule has 2 amide bonds. The molecule has 178 valence electrons. The molecular formula is C29H29N3O3. The van der Waals surface area contributed by atoms with Gasteiger partial charge in [-0.2, -0.15) is 0 Å². The number of rotatable bonds is 6. The summed E-state index contributed by atoms with van der Waals surface area (Å²) in [6.45, 7) is 1.29. The van der Waals surface area contributed by atoms with Gasteiger partial charge in [0.1, 0.15) is 11.8 Å². The summed E-state index contributed by atoms with van der Waals surface area (Å²) < 4.78 is 5.41. The first-order chi connectivity index (χ1) is 17.1. The largest absolute Gasteiger partial charge is 0.497 e. The Morgan fingerprint density at radius 1 is 0.971 bits per heavy atom. The lowest BCUT2D eigenvalue weighted by atomic mass is 9.88. The summed E-state index contributed by atoms with van der Waals surface area (Å²) in [6.07, 6.45) is 3.81. The van der Waals surface area contributed by atoms with Crippen molar-refractivity contribution in [3.8, 4) is 5.75 Å². The van der Waals surface area contributed by atoms with Crippen LogP contribution in [0, 0.1) is 0 Å². The first-order valence-electron chi connectivity index (χ1n) is 12.0. The molecule has 35 heavy (non-hydrogen) atoms. The third-order valence-electron chi connectivity index (χ3n) is 6.86. The first kappa shape index (κ1) is 22.7. The molecule has 1 saturated heterocycles. The smallest absolute Gasteiger partial charge is 0.252 e. The maximum Gasteiger partial charge on any atom is 0.252 e. The van der Waals surface area contributed by atoms with Gasteiger partial charge < -0.3 is 19.9 Å². The average Bonchev–Trinajstić information content (AvgIpc) is 3.35. The van der Waals surface area contributed by atoms with E-state index in [2.05, 4.69) is 22.6 Å². The number of carbonyl (C=O) groups is 2. The molecule has 0 saturated carbocycles. The molecule has 0 spiro atoms. The van der Waals surface area contributed by atoms with Crippen LogP contribution < -0.4 is 10.1 Å². The number of likely N-dealkylation sites (tertiary alicyclic amines) is 1. The quantitative estimate of drug-likeness (QED) is 0.417. The van der Waals surface area contributed by atoms with Gasteiger partial charge in [-0.25, -0.2) is 0 Å². The summed E-state index contributed by atoms with van der Waals surface area (Å²) in [5.74, 6) is 0.870. The van der Waals surface area contributed by atoms with Crippen LogP contribution in [0.1, 0.15) is 46.3 Å². The van der Waals surface area contributed by atoms with Gasteiger partial charge in [0, 0.05) is 35.8 Å². The number of benzene rings is 3. The maximum absolute atomic E-state index is 13.6. The topological polar surface area (TPSA) is 74.4 Å². The second kappa shape index (κ2) is 10.1. The van der Waals surface area contributed by atoms with Crippen LogP contribution in [0.4, 0.5) is 0 Å². The second-order valence-corrected chi connectivity index (χ2v) is 8.94. The monoisotopic (exact) mass is 467 g/mol. The fourth-order valence-corrected chi connectivity index (χ4v) is 4.92. The van der Waals surface area contributed by atoms with Gasteiger partial charge >= 0.3 is 0 Å². The molecule has 1 atom stereocenters. The number of nitrogens with zero attached hydrogens (tertiary/aromatic N) is 1. The third kappa shape index (κ3) is 4.78. The van der Waals surface area contributed by atoms with Gasteiger partial charge in [-0.3, -0.25) is 9.59 Å². The van der Waals surface area contributed by atoms with Crippen molar-refractivity contribution in [3.05, 3.63) is 102 Å². The van der Waals surface area contributed by atoms with E-state index in [1.54, 1.807) is 19.2 Å². The van der Waals surface area contributed by atoms with Gasteiger partial charge in [0.2, 0.25) is 5.91 Å². The summed E-state index contributed by atoms with van der Waals surface area (Å²) in [6, 6.07) is 23.8. The van der Waals surface area contributed by atoms with Crippen LogP contribution in [-0.2, 0) is 4.79 Å². The number of hydrogen-bond donors (Lipinski definition) is 2. The highest BCUT2D eigenvalue weighted by Crippen LogP contribution is 2.35. The number of nitrogens with one attached hydrogen (secondary N) is 2. The van der Waals surface area contributed by atoms with E-state index >= 15 is 0 Å². The minimum absolute atomic E-state index is 0.0699. The number of aromatic amines is 1. The van der Waals surface area contributed by atoms with Crippen LogP contribution in [0.25, 0.3) is 10.9 Å².